The summed E-state index contributed by atoms with van der Waals surface area (Å²) in [6, 6.07) is 8.67. The molecule has 0 saturated heterocycles. The number of rotatable bonds is 3. The molecule has 1 aromatic carbocycles. The van der Waals surface area contributed by atoms with E-state index in [1.165, 1.54) is 11.3 Å². The van der Waals surface area contributed by atoms with Crippen LogP contribution in [-0.2, 0) is 5.41 Å². The highest BCUT2D eigenvalue weighted by atomic mass is 15.0. The zero-order chi connectivity index (χ0) is 10.9. The van der Waals surface area contributed by atoms with Crippen LogP contribution in [-0.4, -0.2) is 20.1 Å². The van der Waals surface area contributed by atoms with Crippen molar-refractivity contribution in [1.29, 1.82) is 0 Å². The van der Waals surface area contributed by atoms with E-state index in [-0.39, 0.29) is 5.41 Å². The SMILES string of the molecule is CNCC1(C(C)C)CNc2ccccc21. The lowest BCUT2D eigenvalue weighted by Gasteiger charge is -2.33. The predicted octanol–water partition coefficient (Wildman–Crippen LogP) is 2.23. The van der Waals surface area contributed by atoms with Crippen molar-refractivity contribution in [2.45, 2.75) is 19.3 Å². The summed E-state index contributed by atoms with van der Waals surface area (Å²) in [4.78, 5) is 0. The molecule has 1 aliphatic heterocycles. The zero-order valence-electron chi connectivity index (χ0n) is 9.80. The van der Waals surface area contributed by atoms with Gasteiger partial charge in [-0.05, 0) is 24.6 Å². The Hall–Kier alpha value is -1.02. The van der Waals surface area contributed by atoms with Crippen molar-refractivity contribution < 1.29 is 0 Å². The van der Waals surface area contributed by atoms with Gasteiger partial charge in [-0.1, -0.05) is 32.0 Å². The van der Waals surface area contributed by atoms with Gasteiger partial charge in [0.1, 0.15) is 0 Å². The number of anilines is 1. The van der Waals surface area contributed by atoms with Gasteiger partial charge in [0.2, 0.25) is 0 Å². The van der Waals surface area contributed by atoms with Crippen molar-refractivity contribution in [3.8, 4) is 0 Å². The largest absolute Gasteiger partial charge is 0.384 e. The van der Waals surface area contributed by atoms with Crippen LogP contribution in [0.15, 0.2) is 24.3 Å². The second kappa shape index (κ2) is 3.86. The fourth-order valence-corrected chi connectivity index (χ4v) is 2.61. The van der Waals surface area contributed by atoms with Crippen LogP contribution in [0, 0.1) is 5.92 Å². The van der Waals surface area contributed by atoms with Gasteiger partial charge in [-0.25, -0.2) is 0 Å². The van der Waals surface area contributed by atoms with E-state index in [2.05, 4.69) is 48.7 Å². The summed E-state index contributed by atoms with van der Waals surface area (Å²) in [5.41, 5.74) is 3.03. The number of hydrogen-bond donors (Lipinski definition) is 2. The molecule has 0 aliphatic carbocycles. The minimum absolute atomic E-state index is 0.255. The Balaban J connectivity index is 2.44. The molecule has 1 heterocycles. The molecule has 0 aromatic heterocycles. The Morgan fingerprint density at radius 2 is 2.13 bits per heavy atom. The second-order valence-electron chi connectivity index (χ2n) is 4.74. The first-order chi connectivity index (χ1) is 7.20. The molecule has 0 saturated carbocycles. The first-order valence-corrected chi connectivity index (χ1v) is 5.68. The van der Waals surface area contributed by atoms with Crippen LogP contribution in [0.1, 0.15) is 19.4 Å². The van der Waals surface area contributed by atoms with Crippen molar-refractivity contribution in [1.82, 2.24) is 5.32 Å². The first kappa shape index (κ1) is 10.5. The van der Waals surface area contributed by atoms with Gasteiger partial charge < -0.3 is 10.6 Å². The van der Waals surface area contributed by atoms with Crippen molar-refractivity contribution >= 4 is 5.69 Å². The molecular formula is C13H20N2. The van der Waals surface area contributed by atoms with Crippen LogP contribution in [0.3, 0.4) is 0 Å². The number of para-hydroxylation sites is 1. The second-order valence-corrected chi connectivity index (χ2v) is 4.74. The highest BCUT2D eigenvalue weighted by molar-refractivity contribution is 5.60. The molecule has 2 N–H and O–H groups in total. The van der Waals surface area contributed by atoms with Crippen LogP contribution in [0.2, 0.25) is 0 Å². The molecule has 1 aromatic rings. The summed E-state index contributed by atoms with van der Waals surface area (Å²) in [6.45, 7) is 6.70. The minimum atomic E-state index is 0.255. The molecule has 0 amide bonds. The number of likely N-dealkylation sites (N-methyl/N-ethyl adjacent to an activating group) is 1. The number of nitrogens with one attached hydrogen (secondary N) is 2. The third-order valence-electron chi connectivity index (χ3n) is 3.66. The van der Waals surface area contributed by atoms with E-state index < -0.39 is 0 Å². The molecule has 1 atom stereocenters. The average Bonchev–Trinajstić information content (AvgIpc) is 2.60. The Bertz CT molecular complexity index is 342. The molecule has 2 heteroatoms. The lowest BCUT2D eigenvalue weighted by Crippen LogP contribution is -2.43. The van der Waals surface area contributed by atoms with Gasteiger partial charge in [0.25, 0.3) is 0 Å². The van der Waals surface area contributed by atoms with Gasteiger partial charge in [-0.2, -0.15) is 0 Å². The molecule has 15 heavy (non-hydrogen) atoms. The van der Waals surface area contributed by atoms with Gasteiger partial charge in [0, 0.05) is 24.2 Å². The topological polar surface area (TPSA) is 24.1 Å². The Morgan fingerprint density at radius 1 is 1.40 bits per heavy atom. The lowest BCUT2D eigenvalue weighted by atomic mass is 9.73. The van der Waals surface area contributed by atoms with Crippen LogP contribution >= 0.6 is 0 Å². The molecule has 0 spiro atoms. The summed E-state index contributed by atoms with van der Waals surface area (Å²) >= 11 is 0. The fraction of sp³-hybridized carbons (Fsp3) is 0.538. The van der Waals surface area contributed by atoms with E-state index in [0.717, 1.165) is 13.1 Å². The highest BCUT2D eigenvalue weighted by Crippen LogP contribution is 2.41. The molecule has 2 nitrogen and oxygen atoms in total. The molecule has 0 bridgehead atoms. The molecule has 82 valence electrons. The van der Waals surface area contributed by atoms with Crippen molar-refractivity contribution in [3.63, 3.8) is 0 Å². The Morgan fingerprint density at radius 3 is 2.80 bits per heavy atom. The average molecular weight is 204 g/mol. The number of fused-ring (bicyclic) bond motifs is 1. The van der Waals surface area contributed by atoms with Gasteiger partial charge >= 0.3 is 0 Å². The first-order valence-electron chi connectivity index (χ1n) is 5.68. The zero-order valence-corrected chi connectivity index (χ0v) is 9.80. The van der Waals surface area contributed by atoms with Crippen LogP contribution in [0.4, 0.5) is 5.69 Å². The maximum Gasteiger partial charge on any atom is 0.0380 e. The summed E-state index contributed by atoms with van der Waals surface area (Å²) in [6.07, 6.45) is 0. The van der Waals surface area contributed by atoms with Gasteiger partial charge in [0.15, 0.2) is 0 Å². The summed E-state index contributed by atoms with van der Waals surface area (Å²) in [5.74, 6) is 0.640. The molecule has 0 fully saturated rings. The highest BCUT2D eigenvalue weighted by Gasteiger charge is 2.40. The Labute approximate surface area is 92.1 Å². The number of hydrogen-bond acceptors (Lipinski definition) is 2. The summed E-state index contributed by atoms with van der Waals surface area (Å²) in [5, 5.41) is 6.85. The minimum Gasteiger partial charge on any atom is -0.384 e. The van der Waals surface area contributed by atoms with Crippen molar-refractivity contribution in [2.75, 3.05) is 25.5 Å². The molecule has 2 rings (SSSR count). The van der Waals surface area contributed by atoms with E-state index in [0.29, 0.717) is 5.92 Å². The van der Waals surface area contributed by atoms with Crippen LogP contribution in [0.5, 0.6) is 0 Å². The van der Waals surface area contributed by atoms with E-state index in [9.17, 15) is 0 Å². The van der Waals surface area contributed by atoms with E-state index >= 15 is 0 Å². The third-order valence-corrected chi connectivity index (χ3v) is 3.66. The van der Waals surface area contributed by atoms with E-state index in [1.54, 1.807) is 0 Å². The van der Waals surface area contributed by atoms with Gasteiger partial charge in [-0.3, -0.25) is 0 Å². The quantitative estimate of drug-likeness (QED) is 0.789. The van der Waals surface area contributed by atoms with Gasteiger partial charge in [0.05, 0.1) is 0 Å². The normalized spacial score (nSPS) is 24.0. The van der Waals surface area contributed by atoms with Crippen molar-refractivity contribution in [3.05, 3.63) is 29.8 Å². The summed E-state index contributed by atoms with van der Waals surface area (Å²) < 4.78 is 0. The summed E-state index contributed by atoms with van der Waals surface area (Å²) in [7, 11) is 2.03. The van der Waals surface area contributed by atoms with Crippen LogP contribution in [0.25, 0.3) is 0 Å². The molecule has 1 unspecified atom stereocenters. The molecule has 1 aliphatic rings. The van der Waals surface area contributed by atoms with E-state index in [4.69, 9.17) is 0 Å². The standard InChI is InChI=1S/C13H20N2/c1-10(2)13(8-14-3)9-15-12-7-5-4-6-11(12)13/h4-7,10,14-15H,8-9H2,1-3H3. The van der Waals surface area contributed by atoms with Crippen molar-refractivity contribution in [2.24, 2.45) is 5.92 Å². The van der Waals surface area contributed by atoms with E-state index in [1.807, 2.05) is 7.05 Å². The fourth-order valence-electron chi connectivity index (χ4n) is 2.61. The lowest BCUT2D eigenvalue weighted by molar-refractivity contribution is 0.327. The predicted molar refractivity (Wildman–Crippen MR) is 65.4 cm³/mol. The third kappa shape index (κ3) is 1.53. The smallest absolute Gasteiger partial charge is 0.0380 e. The molecule has 0 radical (unpaired) electrons. The van der Waals surface area contributed by atoms with Crippen LogP contribution < -0.4 is 10.6 Å². The maximum atomic E-state index is 3.52. The molecular weight excluding hydrogens is 184 g/mol. The monoisotopic (exact) mass is 204 g/mol. The maximum absolute atomic E-state index is 3.52. The number of benzene rings is 1. The van der Waals surface area contributed by atoms with Gasteiger partial charge in [-0.15, -0.1) is 0 Å². The Kier molecular flexibility index (Phi) is 2.70.